The first-order chi connectivity index (χ1) is 6.15. The minimum absolute atomic E-state index is 0.307. The Hall–Kier alpha value is -0.450. The summed E-state index contributed by atoms with van der Waals surface area (Å²) < 4.78 is 18.8. The number of benzene rings is 1. The van der Waals surface area contributed by atoms with E-state index in [4.69, 9.17) is 10.5 Å². The van der Waals surface area contributed by atoms with E-state index < -0.39 is 6.04 Å². The van der Waals surface area contributed by atoms with Crippen LogP contribution in [0.3, 0.4) is 0 Å². The first-order valence-corrected chi connectivity index (χ1v) is 4.64. The molecule has 0 amide bonds. The molecular formula is C9H11BrFNO. The van der Waals surface area contributed by atoms with E-state index in [-0.39, 0.29) is 5.82 Å². The summed E-state index contributed by atoms with van der Waals surface area (Å²) in [5.41, 5.74) is 6.15. The second kappa shape index (κ2) is 4.69. The lowest BCUT2D eigenvalue weighted by Crippen LogP contribution is -2.17. The Labute approximate surface area is 85.0 Å². The Kier molecular flexibility index (Phi) is 3.84. The van der Waals surface area contributed by atoms with Gasteiger partial charge in [-0.2, -0.15) is 0 Å². The van der Waals surface area contributed by atoms with Gasteiger partial charge >= 0.3 is 0 Å². The maximum absolute atomic E-state index is 13.3. The molecule has 1 aromatic rings. The highest BCUT2D eigenvalue weighted by Crippen LogP contribution is 2.19. The smallest absolute Gasteiger partial charge is 0.129 e. The summed E-state index contributed by atoms with van der Waals surface area (Å²) in [5, 5.41) is 0. The average Bonchev–Trinajstić information content (AvgIpc) is 2.04. The predicted molar refractivity (Wildman–Crippen MR) is 52.9 cm³/mol. The molecule has 0 aliphatic heterocycles. The summed E-state index contributed by atoms with van der Waals surface area (Å²) in [4.78, 5) is 0. The molecule has 4 heteroatoms. The average molecular weight is 248 g/mol. The van der Waals surface area contributed by atoms with Crippen molar-refractivity contribution < 1.29 is 9.13 Å². The SMILES string of the molecule is COCC(N)c1ccc(Br)cc1F. The highest BCUT2D eigenvalue weighted by atomic mass is 79.9. The molecule has 1 rings (SSSR count). The second-order valence-corrected chi connectivity index (χ2v) is 3.64. The van der Waals surface area contributed by atoms with E-state index in [2.05, 4.69) is 15.9 Å². The van der Waals surface area contributed by atoms with E-state index in [1.165, 1.54) is 13.2 Å². The molecule has 13 heavy (non-hydrogen) atoms. The van der Waals surface area contributed by atoms with Gasteiger partial charge in [0.25, 0.3) is 0 Å². The van der Waals surface area contributed by atoms with Gasteiger partial charge in [0, 0.05) is 17.1 Å². The Balaban J connectivity index is 2.88. The van der Waals surface area contributed by atoms with Gasteiger partial charge in [0.2, 0.25) is 0 Å². The highest BCUT2D eigenvalue weighted by molar-refractivity contribution is 9.10. The van der Waals surface area contributed by atoms with Crippen LogP contribution >= 0.6 is 15.9 Å². The molecule has 0 aromatic heterocycles. The lowest BCUT2D eigenvalue weighted by molar-refractivity contribution is 0.179. The Morgan fingerprint density at radius 2 is 2.31 bits per heavy atom. The van der Waals surface area contributed by atoms with Crippen molar-refractivity contribution in [2.24, 2.45) is 5.73 Å². The number of halogens is 2. The minimum Gasteiger partial charge on any atom is -0.383 e. The first kappa shape index (κ1) is 10.6. The maximum atomic E-state index is 13.3. The van der Waals surface area contributed by atoms with Gasteiger partial charge < -0.3 is 10.5 Å². The predicted octanol–water partition coefficient (Wildman–Crippen LogP) is 2.23. The number of methoxy groups -OCH3 is 1. The van der Waals surface area contributed by atoms with Crippen molar-refractivity contribution in [3.8, 4) is 0 Å². The lowest BCUT2D eigenvalue weighted by Gasteiger charge is -2.11. The third kappa shape index (κ3) is 2.76. The van der Waals surface area contributed by atoms with Crippen LogP contribution in [-0.2, 0) is 4.74 Å². The molecule has 0 fully saturated rings. The van der Waals surface area contributed by atoms with Crippen molar-refractivity contribution in [2.75, 3.05) is 13.7 Å². The van der Waals surface area contributed by atoms with Crippen molar-refractivity contribution in [2.45, 2.75) is 6.04 Å². The van der Waals surface area contributed by atoms with Crippen LogP contribution in [0.4, 0.5) is 4.39 Å². The fourth-order valence-corrected chi connectivity index (χ4v) is 1.40. The van der Waals surface area contributed by atoms with Crippen molar-refractivity contribution in [3.63, 3.8) is 0 Å². The van der Waals surface area contributed by atoms with Crippen molar-refractivity contribution >= 4 is 15.9 Å². The zero-order valence-corrected chi connectivity index (χ0v) is 8.84. The van der Waals surface area contributed by atoms with E-state index in [1.807, 2.05) is 0 Å². The Morgan fingerprint density at radius 1 is 1.62 bits per heavy atom. The van der Waals surface area contributed by atoms with Gasteiger partial charge in [-0.1, -0.05) is 22.0 Å². The van der Waals surface area contributed by atoms with Gasteiger partial charge in [-0.15, -0.1) is 0 Å². The van der Waals surface area contributed by atoms with Crippen molar-refractivity contribution in [1.82, 2.24) is 0 Å². The number of hydrogen-bond donors (Lipinski definition) is 1. The molecule has 2 N–H and O–H groups in total. The normalized spacial score (nSPS) is 12.9. The minimum atomic E-state index is -0.405. The van der Waals surface area contributed by atoms with Crippen LogP contribution in [0.15, 0.2) is 22.7 Å². The molecular weight excluding hydrogens is 237 g/mol. The Bertz CT molecular complexity index is 293. The quantitative estimate of drug-likeness (QED) is 0.890. The van der Waals surface area contributed by atoms with Gasteiger partial charge in [-0.3, -0.25) is 0 Å². The van der Waals surface area contributed by atoms with Gasteiger partial charge in [-0.05, 0) is 12.1 Å². The third-order valence-corrected chi connectivity index (χ3v) is 2.20. The largest absolute Gasteiger partial charge is 0.383 e. The molecule has 0 saturated carbocycles. The molecule has 0 heterocycles. The molecule has 0 saturated heterocycles. The molecule has 0 aliphatic carbocycles. The standard InChI is InChI=1S/C9H11BrFNO/c1-13-5-9(12)7-3-2-6(10)4-8(7)11/h2-4,9H,5,12H2,1H3. The lowest BCUT2D eigenvalue weighted by atomic mass is 10.1. The van der Waals surface area contributed by atoms with E-state index in [9.17, 15) is 4.39 Å². The second-order valence-electron chi connectivity index (χ2n) is 2.73. The van der Waals surface area contributed by atoms with E-state index in [0.717, 1.165) is 0 Å². The van der Waals surface area contributed by atoms with Crippen LogP contribution < -0.4 is 5.73 Å². The topological polar surface area (TPSA) is 35.2 Å². The fourth-order valence-electron chi connectivity index (χ4n) is 1.07. The monoisotopic (exact) mass is 247 g/mol. The van der Waals surface area contributed by atoms with Gasteiger partial charge in [0.15, 0.2) is 0 Å². The number of ether oxygens (including phenoxy) is 1. The van der Waals surface area contributed by atoms with Crippen molar-refractivity contribution in [1.29, 1.82) is 0 Å². The zero-order valence-electron chi connectivity index (χ0n) is 7.26. The third-order valence-electron chi connectivity index (χ3n) is 1.71. The summed E-state index contributed by atoms with van der Waals surface area (Å²) in [5.74, 6) is -0.307. The van der Waals surface area contributed by atoms with Gasteiger partial charge in [-0.25, -0.2) is 4.39 Å². The molecule has 1 atom stereocenters. The Morgan fingerprint density at radius 3 is 2.85 bits per heavy atom. The highest BCUT2D eigenvalue weighted by Gasteiger charge is 2.10. The molecule has 0 spiro atoms. The maximum Gasteiger partial charge on any atom is 0.129 e. The summed E-state index contributed by atoms with van der Waals surface area (Å²) in [6.07, 6.45) is 0. The number of hydrogen-bond acceptors (Lipinski definition) is 2. The number of rotatable bonds is 3. The summed E-state index contributed by atoms with van der Waals surface area (Å²) in [6, 6.07) is 4.40. The molecule has 0 radical (unpaired) electrons. The molecule has 2 nitrogen and oxygen atoms in total. The van der Waals surface area contributed by atoms with Crippen LogP contribution in [0.2, 0.25) is 0 Å². The molecule has 1 unspecified atom stereocenters. The van der Waals surface area contributed by atoms with Crippen LogP contribution in [-0.4, -0.2) is 13.7 Å². The van der Waals surface area contributed by atoms with Gasteiger partial charge in [0.1, 0.15) is 5.82 Å². The summed E-state index contributed by atoms with van der Waals surface area (Å²) >= 11 is 3.17. The summed E-state index contributed by atoms with van der Waals surface area (Å²) in [6.45, 7) is 0.318. The molecule has 1 aromatic carbocycles. The molecule has 0 aliphatic rings. The van der Waals surface area contributed by atoms with Crippen molar-refractivity contribution in [3.05, 3.63) is 34.1 Å². The van der Waals surface area contributed by atoms with Crippen LogP contribution in [0, 0.1) is 5.82 Å². The van der Waals surface area contributed by atoms with Crippen LogP contribution in [0.1, 0.15) is 11.6 Å². The summed E-state index contributed by atoms with van der Waals surface area (Å²) in [7, 11) is 1.54. The first-order valence-electron chi connectivity index (χ1n) is 3.84. The molecule has 72 valence electrons. The van der Waals surface area contributed by atoms with Crippen LogP contribution in [0.5, 0.6) is 0 Å². The van der Waals surface area contributed by atoms with Crippen LogP contribution in [0.25, 0.3) is 0 Å². The molecule has 0 bridgehead atoms. The van der Waals surface area contributed by atoms with E-state index in [1.54, 1.807) is 12.1 Å². The van der Waals surface area contributed by atoms with E-state index in [0.29, 0.717) is 16.6 Å². The fraction of sp³-hybridized carbons (Fsp3) is 0.333. The van der Waals surface area contributed by atoms with Gasteiger partial charge in [0.05, 0.1) is 12.6 Å². The zero-order chi connectivity index (χ0) is 9.84. The number of nitrogens with two attached hydrogens (primary N) is 1. The van der Waals surface area contributed by atoms with E-state index >= 15 is 0 Å².